The molecule has 2 unspecified atom stereocenters. The number of esters is 2. The second-order valence-corrected chi connectivity index (χ2v) is 19.2. The van der Waals surface area contributed by atoms with Crippen molar-refractivity contribution in [3.63, 3.8) is 0 Å². The molecule has 0 saturated carbocycles. The summed E-state index contributed by atoms with van der Waals surface area (Å²) in [7, 11) is 1.17. The Morgan fingerprint density at radius 3 is 1.33 bits per heavy atom. The number of carbonyl (C=O) groups excluding carboxylic acids is 2. The van der Waals surface area contributed by atoms with Crippen molar-refractivity contribution in [2.24, 2.45) is 0 Å². The van der Waals surface area contributed by atoms with Crippen LogP contribution in [0, 0.1) is 0 Å². The van der Waals surface area contributed by atoms with E-state index >= 15 is 0 Å². The van der Waals surface area contributed by atoms with E-state index in [0.717, 1.165) is 64.2 Å². The zero-order chi connectivity index (χ0) is 44.3. The van der Waals surface area contributed by atoms with Crippen molar-refractivity contribution in [2.75, 3.05) is 47.5 Å². The van der Waals surface area contributed by atoms with Crippen LogP contribution in [0.3, 0.4) is 0 Å². The first-order valence-corrected chi connectivity index (χ1v) is 26.2. The lowest BCUT2D eigenvalue weighted by Crippen LogP contribution is -2.37. The van der Waals surface area contributed by atoms with Crippen molar-refractivity contribution < 1.29 is 42.1 Å². The summed E-state index contributed by atoms with van der Waals surface area (Å²) in [5, 5.41) is 0. The van der Waals surface area contributed by atoms with Gasteiger partial charge in [0.25, 0.3) is 7.82 Å². The van der Waals surface area contributed by atoms with E-state index in [-0.39, 0.29) is 26.1 Å². The molecule has 0 saturated heterocycles. The lowest BCUT2D eigenvalue weighted by Gasteiger charge is -2.28. The number of allylic oxidation sites excluding steroid dienone is 6. The fourth-order valence-corrected chi connectivity index (χ4v) is 7.51. The van der Waals surface area contributed by atoms with Gasteiger partial charge in [-0.05, 0) is 51.4 Å². The molecule has 0 radical (unpaired) electrons. The van der Waals surface area contributed by atoms with Crippen molar-refractivity contribution in [3.8, 4) is 0 Å². The Bertz CT molecular complexity index is 1120. The maximum Gasteiger partial charge on any atom is 0.306 e. The number of quaternary nitrogens is 1. The first kappa shape index (κ1) is 58.2. The molecule has 2 atom stereocenters. The molecule has 0 aromatic heterocycles. The zero-order valence-electron chi connectivity index (χ0n) is 39.7. The SMILES string of the molecule is CCCCCCC/C=C\C/C=C\C/C=C\CCCCCCCCCCCCCCCCCCC(=O)OC(COC(=O)CCCCCCC)COP(=O)([O-])OCC[N+](C)(C)C. The van der Waals surface area contributed by atoms with Crippen LogP contribution >= 0.6 is 7.82 Å². The minimum Gasteiger partial charge on any atom is -0.756 e. The summed E-state index contributed by atoms with van der Waals surface area (Å²) in [6, 6.07) is 0. The van der Waals surface area contributed by atoms with Gasteiger partial charge in [0.1, 0.15) is 19.8 Å². The first-order chi connectivity index (χ1) is 29.0. The molecular formula is C50H94NO8P. The van der Waals surface area contributed by atoms with Gasteiger partial charge in [0.2, 0.25) is 0 Å². The lowest BCUT2D eigenvalue weighted by atomic mass is 10.0. The van der Waals surface area contributed by atoms with E-state index < -0.39 is 32.5 Å². The van der Waals surface area contributed by atoms with Crippen molar-refractivity contribution >= 4 is 19.8 Å². The number of rotatable bonds is 45. The van der Waals surface area contributed by atoms with Crippen molar-refractivity contribution in [2.45, 2.75) is 225 Å². The molecule has 0 amide bonds. The molecule has 0 aliphatic rings. The van der Waals surface area contributed by atoms with Gasteiger partial charge >= 0.3 is 11.9 Å². The zero-order valence-corrected chi connectivity index (χ0v) is 40.6. The summed E-state index contributed by atoms with van der Waals surface area (Å²) < 4.78 is 33.7. The molecule has 0 bridgehead atoms. The Morgan fingerprint density at radius 2 is 0.900 bits per heavy atom. The monoisotopic (exact) mass is 868 g/mol. The number of ether oxygens (including phenoxy) is 2. The Hall–Kier alpha value is -1.77. The largest absolute Gasteiger partial charge is 0.756 e. The third-order valence-corrected chi connectivity index (χ3v) is 11.6. The van der Waals surface area contributed by atoms with Gasteiger partial charge in [-0.15, -0.1) is 0 Å². The molecule has 0 aromatic rings. The van der Waals surface area contributed by atoms with E-state index in [0.29, 0.717) is 17.4 Å². The van der Waals surface area contributed by atoms with Crippen molar-refractivity contribution in [1.82, 2.24) is 0 Å². The fraction of sp³-hybridized carbons (Fsp3) is 0.840. The summed E-state index contributed by atoms with van der Waals surface area (Å²) in [5.41, 5.74) is 0. The van der Waals surface area contributed by atoms with Crippen LogP contribution in [0.4, 0.5) is 0 Å². The highest BCUT2D eigenvalue weighted by Gasteiger charge is 2.21. The number of phosphoric ester groups is 1. The van der Waals surface area contributed by atoms with E-state index in [1.54, 1.807) is 0 Å². The van der Waals surface area contributed by atoms with Gasteiger partial charge in [-0.25, -0.2) is 0 Å². The second-order valence-electron chi connectivity index (χ2n) is 17.8. The average molecular weight is 868 g/mol. The third-order valence-electron chi connectivity index (χ3n) is 10.7. The molecular weight excluding hydrogens is 774 g/mol. The quantitative estimate of drug-likeness (QED) is 0.0196. The van der Waals surface area contributed by atoms with Crippen LogP contribution in [0.15, 0.2) is 36.5 Å². The normalized spacial score (nSPS) is 13.8. The molecule has 352 valence electrons. The highest BCUT2D eigenvalue weighted by Crippen LogP contribution is 2.38. The molecule has 0 N–H and O–H groups in total. The summed E-state index contributed by atoms with van der Waals surface area (Å²) >= 11 is 0. The smallest absolute Gasteiger partial charge is 0.306 e. The van der Waals surface area contributed by atoms with Crippen LogP contribution in [-0.2, 0) is 32.7 Å². The predicted octanol–water partition coefficient (Wildman–Crippen LogP) is 13.8. The number of carbonyl (C=O) groups is 2. The number of hydrogen-bond acceptors (Lipinski definition) is 8. The number of hydrogen-bond donors (Lipinski definition) is 0. The van der Waals surface area contributed by atoms with Gasteiger partial charge in [0, 0.05) is 12.8 Å². The first-order valence-electron chi connectivity index (χ1n) is 24.7. The summed E-state index contributed by atoms with van der Waals surface area (Å²) in [6.07, 6.45) is 49.6. The standard InChI is InChI=1S/C50H94NO8P/c1-6-8-10-12-13-14-15-16-17-18-19-20-21-22-23-24-25-26-27-28-29-30-31-32-33-34-35-36-37-39-41-43-50(53)59-48(46-56-49(52)42-40-38-11-9-7-2)47-58-60(54,55)57-45-44-51(3,4)5/h15-16,18-19,21-22,48H,6-14,17,20,23-47H2,1-5H3/b16-15-,19-18-,22-21-. The van der Waals surface area contributed by atoms with E-state index in [2.05, 4.69) is 50.3 Å². The van der Waals surface area contributed by atoms with Gasteiger partial charge in [0.05, 0.1) is 27.7 Å². The Kier molecular flexibility index (Phi) is 41.3. The highest BCUT2D eigenvalue weighted by atomic mass is 31.2. The molecule has 60 heavy (non-hydrogen) atoms. The van der Waals surface area contributed by atoms with E-state index in [4.69, 9.17) is 18.5 Å². The van der Waals surface area contributed by atoms with Crippen LogP contribution in [0.25, 0.3) is 0 Å². The summed E-state index contributed by atoms with van der Waals surface area (Å²) in [6.45, 7) is 4.13. The molecule has 10 heteroatoms. The third kappa shape index (κ3) is 45.7. The Balaban J connectivity index is 3.91. The average Bonchev–Trinajstić information content (AvgIpc) is 3.20. The molecule has 0 aliphatic heterocycles. The Morgan fingerprint density at radius 1 is 0.517 bits per heavy atom. The molecule has 0 fully saturated rings. The number of nitrogens with zero attached hydrogens (tertiary/aromatic N) is 1. The lowest BCUT2D eigenvalue weighted by molar-refractivity contribution is -0.870. The van der Waals surface area contributed by atoms with Crippen LogP contribution in [-0.4, -0.2) is 70.0 Å². The number of likely N-dealkylation sites (N-methyl/N-ethyl adjacent to an activating group) is 1. The van der Waals surface area contributed by atoms with Gasteiger partial charge in [-0.3, -0.25) is 14.2 Å². The van der Waals surface area contributed by atoms with Crippen LogP contribution in [0.5, 0.6) is 0 Å². The molecule has 0 spiro atoms. The predicted molar refractivity (Wildman–Crippen MR) is 250 cm³/mol. The van der Waals surface area contributed by atoms with Gasteiger partial charge in [0.15, 0.2) is 6.10 Å². The minimum atomic E-state index is -4.61. The topological polar surface area (TPSA) is 111 Å². The van der Waals surface area contributed by atoms with Crippen molar-refractivity contribution in [1.29, 1.82) is 0 Å². The van der Waals surface area contributed by atoms with Gasteiger partial charge in [-0.2, -0.15) is 0 Å². The maximum atomic E-state index is 12.6. The molecule has 9 nitrogen and oxygen atoms in total. The molecule has 0 aliphatic carbocycles. The maximum absolute atomic E-state index is 12.6. The van der Waals surface area contributed by atoms with Crippen molar-refractivity contribution in [3.05, 3.63) is 36.5 Å². The van der Waals surface area contributed by atoms with E-state index in [9.17, 15) is 19.0 Å². The highest BCUT2D eigenvalue weighted by molar-refractivity contribution is 7.45. The molecule has 0 rings (SSSR count). The number of phosphoric acid groups is 1. The second kappa shape index (κ2) is 42.5. The fourth-order valence-electron chi connectivity index (χ4n) is 6.78. The summed E-state index contributed by atoms with van der Waals surface area (Å²) in [5.74, 6) is -0.843. The molecule has 0 heterocycles. The number of unbranched alkanes of at least 4 members (excludes halogenated alkanes) is 25. The van der Waals surface area contributed by atoms with Crippen LogP contribution in [0.2, 0.25) is 0 Å². The molecule has 0 aromatic carbocycles. The van der Waals surface area contributed by atoms with E-state index in [1.165, 1.54) is 122 Å². The Labute approximate surface area is 370 Å². The van der Waals surface area contributed by atoms with Gasteiger partial charge in [-0.1, -0.05) is 192 Å². The summed E-state index contributed by atoms with van der Waals surface area (Å²) in [4.78, 5) is 37.2. The van der Waals surface area contributed by atoms with Crippen LogP contribution in [0.1, 0.15) is 219 Å². The van der Waals surface area contributed by atoms with E-state index in [1.807, 2.05) is 21.1 Å². The van der Waals surface area contributed by atoms with Crippen LogP contribution < -0.4 is 4.89 Å². The van der Waals surface area contributed by atoms with Gasteiger partial charge < -0.3 is 27.9 Å². The minimum absolute atomic E-state index is 0.0296.